The lowest BCUT2D eigenvalue weighted by Crippen LogP contribution is -2.15. The van der Waals surface area contributed by atoms with E-state index in [1.807, 2.05) is 26.0 Å². The second-order valence-corrected chi connectivity index (χ2v) is 4.67. The van der Waals surface area contributed by atoms with Crippen LogP contribution in [0.15, 0.2) is 18.2 Å². The summed E-state index contributed by atoms with van der Waals surface area (Å²) in [7, 11) is 1.69. The van der Waals surface area contributed by atoms with Gasteiger partial charge in [0.05, 0.1) is 13.2 Å². The van der Waals surface area contributed by atoms with Crippen molar-refractivity contribution in [3.8, 4) is 5.75 Å². The van der Waals surface area contributed by atoms with Gasteiger partial charge in [-0.15, -0.1) is 0 Å². The summed E-state index contributed by atoms with van der Waals surface area (Å²) in [6.45, 7) is 6.15. The van der Waals surface area contributed by atoms with E-state index in [0.717, 1.165) is 18.6 Å². The topological polar surface area (TPSA) is 29.5 Å². The lowest BCUT2D eigenvalue weighted by atomic mass is 9.98. The highest BCUT2D eigenvalue weighted by Crippen LogP contribution is 2.22. The van der Waals surface area contributed by atoms with E-state index in [1.54, 1.807) is 7.11 Å². The Morgan fingerprint density at radius 2 is 2.00 bits per heavy atom. The van der Waals surface area contributed by atoms with Gasteiger partial charge in [-0.2, -0.15) is 0 Å². The molecule has 0 fully saturated rings. The molecular formula is C14H22O2. The van der Waals surface area contributed by atoms with Gasteiger partial charge in [-0.3, -0.25) is 0 Å². The summed E-state index contributed by atoms with van der Waals surface area (Å²) in [5.41, 5.74) is 2.41. The molecule has 2 nitrogen and oxygen atoms in total. The van der Waals surface area contributed by atoms with E-state index in [2.05, 4.69) is 13.0 Å². The van der Waals surface area contributed by atoms with Crippen LogP contribution in [0.2, 0.25) is 0 Å². The minimum atomic E-state index is -0.231. The van der Waals surface area contributed by atoms with Crippen LogP contribution in [0.5, 0.6) is 5.75 Å². The fourth-order valence-electron chi connectivity index (χ4n) is 1.74. The highest BCUT2D eigenvalue weighted by molar-refractivity contribution is 5.36. The number of methoxy groups -OCH3 is 1. The van der Waals surface area contributed by atoms with Crippen molar-refractivity contribution < 1.29 is 9.84 Å². The van der Waals surface area contributed by atoms with E-state index < -0.39 is 0 Å². The first kappa shape index (κ1) is 13.0. The van der Waals surface area contributed by atoms with Crippen LogP contribution in [0.1, 0.15) is 31.4 Å². The summed E-state index contributed by atoms with van der Waals surface area (Å²) in [5.74, 6) is 1.23. The lowest BCUT2D eigenvalue weighted by molar-refractivity contribution is 0.116. The van der Waals surface area contributed by atoms with Crippen LogP contribution in [0, 0.1) is 12.8 Å². The fraction of sp³-hybridized carbons (Fsp3) is 0.571. The number of benzene rings is 1. The molecule has 0 bridgehead atoms. The highest BCUT2D eigenvalue weighted by Gasteiger charge is 2.11. The van der Waals surface area contributed by atoms with Crippen molar-refractivity contribution in [3.63, 3.8) is 0 Å². The average molecular weight is 222 g/mol. The molecule has 0 heterocycles. The van der Waals surface area contributed by atoms with Crippen LogP contribution in [0.25, 0.3) is 0 Å². The molecule has 2 heteroatoms. The first-order valence-corrected chi connectivity index (χ1v) is 5.86. The minimum absolute atomic E-state index is 0.231. The summed E-state index contributed by atoms with van der Waals surface area (Å²) < 4.78 is 5.31. The second-order valence-electron chi connectivity index (χ2n) is 4.67. The molecule has 1 rings (SSSR count). The predicted octanol–water partition coefficient (Wildman–Crippen LogP) is 2.95. The summed E-state index contributed by atoms with van der Waals surface area (Å²) in [5, 5.41) is 9.78. The monoisotopic (exact) mass is 222 g/mol. The van der Waals surface area contributed by atoms with Crippen LogP contribution >= 0.6 is 0 Å². The summed E-state index contributed by atoms with van der Waals surface area (Å²) in [6, 6.07) is 6.17. The van der Waals surface area contributed by atoms with Gasteiger partial charge in [0.2, 0.25) is 0 Å². The number of aliphatic hydroxyl groups excluding tert-OH is 1. The van der Waals surface area contributed by atoms with Gasteiger partial charge in [0.15, 0.2) is 0 Å². The van der Waals surface area contributed by atoms with Gasteiger partial charge in [0.25, 0.3) is 0 Å². The maximum atomic E-state index is 9.78. The summed E-state index contributed by atoms with van der Waals surface area (Å²) >= 11 is 0. The van der Waals surface area contributed by atoms with Crippen molar-refractivity contribution in [1.29, 1.82) is 0 Å². The smallest absolute Gasteiger partial charge is 0.122 e. The van der Waals surface area contributed by atoms with Gasteiger partial charge in [0, 0.05) is 0 Å². The van der Waals surface area contributed by atoms with Gasteiger partial charge in [0.1, 0.15) is 5.75 Å². The molecule has 0 aromatic heterocycles. The van der Waals surface area contributed by atoms with E-state index in [-0.39, 0.29) is 6.10 Å². The molecule has 90 valence electrons. The van der Waals surface area contributed by atoms with Crippen LogP contribution in [-0.4, -0.2) is 18.3 Å². The first-order chi connectivity index (χ1) is 7.54. The molecule has 0 saturated heterocycles. The quantitative estimate of drug-likeness (QED) is 0.830. The Bertz CT molecular complexity index is 332. The highest BCUT2D eigenvalue weighted by atomic mass is 16.5. The number of ether oxygens (including phenoxy) is 1. The Labute approximate surface area is 98.3 Å². The Morgan fingerprint density at radius 3 is 2.56 bits per heavy atom. The Morgan fingerprint density at radius 1 is 1.31 bits per heavy atom. The standard InChI is InChI=1S/C14H22O2/c1-10(2)13(15)7-6-12-9-11(3)5-8-14(12)16-4/h5,8-10,13,15H,6-7H2,1-4H3. The van der Waals surface area contributed by atoms with Crippen LogP contribution in [-0.2, 0) is 6.42 Å². The van der Waals surface area contributed by atoms with Gasteiger partial charge in [-0.1, -0.05) is 31.5 Å². The number of rotatable bonds is 5. The van der Waals surface area contributed by atoms with E-state index in [4.69, 9.17) is 4.74 Å². The number of hydrogen-bond donors (Lipinski definition) is 1. The van der Waals surface area contributed by atoms with Crippen LogP contribution in [0.4, 0.5) is 0 Å². The van der Waals surface area contributed by atoms with E-state index in [9.17, 15) is 5.11 Å². The predicted molar refractivity (Wildman–Crippen MR) is 66.9 cm³/mol. The Kier molecular flexibility index (Phi) is 4.81. The molecule has 0 aliphatic heterocycles. The molecule has 0 aliphatic rings. The normalized spacial score (nSPS) is 12.9. The van der Waals surface area contributed by atoms with Crippen molar-refractivity contribution in [1.82, 2.24) is 0 Å². The number of aliphatic hydroxyl groups is 1. The second kappa shape index (κ2) is 5.90. The Hall–Kier alpha value is -1.02. The Balaban J connectivity index is 2.68. The van der Waals surface area contributed by atoms with Gasteiger partial charge in [-0.05, 0) is 37.3 Å². The zero-order valence-electron chi connectivity index (χ0n) is 10.7. The van der Waals surface area contributed by atoms with Gasteiger partial charge >= 0.3 is 0 Å². The average Bonchev–Trinajstić information content (AvgIpc) is 2.25. The van der Waals surface area contributed by atoms with E-state index >= 15 is 0 Å². The zero-order valence-corrected chi connectivity index (χ0v) is 10.7. The molecule has 0 saturated carbocycles. The molecular weight excluding hydrogens is 200 g/mol. The summed E-state index contributed by atoms with van der Waals surface area (Å²) in [6.07, 6.45) is 1.42. The maximum Gasteiger partial charge on any atom is 0.122 e. The molecule has 16 heavy (non-hydrogen) atoms. The van der Waals surface area contributed by atoms with Gasteiger partial charge in [-0.25, -0.2) is 0 Å². The van der Waals surface area contributed by atoms with Crippen molar-refractivity contribution in [3.05, 3.63) is 29.3 Å². The molecule has 0 spiro atoms. The van der Waals surface area contributed by atoms with Crippen molar-refractivity contribution in [2.45, 2.75) is 39.7 Å². The van der Waals surface area contributed by atoms with Crippen molar-refractivity contribution >= 4 is 0 Å². The van der Waals surface area contributed by atoms with E-state index in [1.165, 1.54) is 11.1 Å². The van der Waals surface area contributed by atoms with Crippen LogP contribution in [0.3, 0.4) is 0 Å². The third-order valence-electron chi connectivity index (χ3n) is 2.91. The maximum absolute atomic E-state index is 9.78. The number of aryl methyl sites for hydroxylation is 2. The van der Waals surface area contributed by atoms with E-state index in [0.29, 0.717) is 5.92 Å². The van der Waals surface area contributed by atoms with Crippen molar-refractivity contribution in [2.24, 2.45) is 5.92 Å². The molecule has 0 radical (unpaired) electrons. The molecule has 0 amide bonds. The number of hydrogen-bond acceptors (Lipinski definition) is 2. The van der Waals surface area contributed by atoms with Crippen LogP contribution < -0.4 is 4.74 Å². The SMILES string of the molecule is COc1ccc(C)cc1CCC(O)C(C)C. The minimum Gasteiger partial charge on any atom is -0.496 e. The fourth-order valence-corrected chi connectivity index (χ4v) is 1.74. The molecule has 1 N–H and O–H groups in total. The van der Waals surface area contributed by atoms with Gasteiger partial charge < -0.3 is 9.84 Å². The molecule has 1 aromatic carbocycles. The largest absolute Gasteiger partial charge is 0.496 e. The molecule has 0 aliphatic carbocycles. The zero-order chi connectivity index (χ0) is 12.1. The summed E-state index contributed by atoms with van der Waals surface area (Å²) in [4.78, 5) is 0. The third-order valence-corrected chi connectivity index (χ3v) is 2.91. The molecule has 1 unspecified atom stereocenters. The van der Waals surface area contributed by atoms with Crippen molar-refractivity contribution in [2.75, 3.05) is 7.11 Å². The molecule has 1 atom stereocenters. The lowest BCUT2D eigenvalue weighted by Gasteiger charge is -2.15. The molecule has 1 aromatic rings. The first-order valence-electron chi connectivity index (χ1n) is 5.86. The third kappa shape index (κ3) is 3.53.